The number of hydrogen-bond donors (Lipinski definition) is 0. The van der Waals surface area contributed by atoms with Crippen LogP contribution in [0.4, 0.5) is 0 Å². The van der Waals surface area contributed by atoms with Crippen LogP contribution >= 0.6 is 0 Å². The zero-order valence-corrected chi connectivity index (χ0v) is 13.5. The number of nitrogens with zero attached hydrogens (tertiary/aromatic N) is 1. The highest BCUT2D eigenvalue weighted by Crippen LogP contribution is 2.32. The summed E-state index contributed by atoms with van der Waals surface area (Å²) in [4.78, 5) is 0.116. The van der Waals surface area contributed by atoms with Gasteiger partial charge in [0.2, 0.25) is 10.0 Å². The van der Waals surface area contributed by atoms with E-state index in [1.165, 1.54) is 24.6 Å². The number of ether oxygens (including phenoxy) is 3. The molecule has 1 aromatic rings. The number of rotatable bonds is 4. The van der Waals surface area contributed by atoms with Crippen molar-refractivity contribution in [2.45, 2.75) is 30.9 Å². The summed E-state index contributed by atoms with van der Waals surface area (Å²) in [7, 11) is -0.723. The van der Waals surface area contributed by atoms with Crippen molar-refractivity contribution in [2.24, 2.45) is 0 Å². The van der Waals surface area contributed by atoms with Crippen molar-refractivity contribution in [3.63, 3.8) is 0 Å². The lowest BCUT2D eigenvalue weighted by Gasteiger charge is -2.35. The SMILES string of the molecule is COc1ccc(OC)c(S(=O)(=O)N2C[C@H](C)OC[C@H]2C)c1. The van der Waals surface area contributed by atoms with Gasteiger partial charge in [0.05, 0.1) is 26.9 Å². The summed E-state index contributed by atoms with van der Waals surface area (Å²) in [5.41, 5.74) is 0. The van der Waals surface area contributed by atoms with Crippen LogP contribution in [-0.2, 0) is 14.8 Å². The van der Waals surface area contributed by atoms with E-state index >= 15 is 0 Å². The van der Waals surface area contributed by atoms with E-state index in [2.05, 4.69) is 0 Å². The summed E-state index contributed by atoms with van der Waals surface area (Å²) >= 11 is 0. The third kappa shape index (κ3) is 3.14. The molecule has 1 aliphatic rings. The van der Waals surface area contributed by atoms with Gasteiger partial charge in [-0.05, 0) is 26.0 Å². The number of benzene rings is 1. The molecule has 118 valence electrons. The fourth-order valence-corrected chi connectivity index (χ4v) is 4.18. The number of hydrogen-bond acceptors (Lipinski definition) is 5. The van der Waals surface area contributed by atoms with E-state index in [4.69, 9.17) is 14.2 Å². The Kier molecular flexibility index (Phi) is 4.75. The van der Waals surface area contributed by atoms with Gasteiger partial charge in [0.15, 0.2) is 0 Å². The van der Waals surface area contributed by atoms with Crippen molar-refractivity contribution in [1.29, 1.82) is 0 Å². The van der Waals surface area contributed by atoms with Crippen LogP contribution in [0.5, 0.6) is 11.5 Å². The predicted molar refractivity (Wildman–Crippen MR) is 78.3 cm³/mol. The highest BCUT2D eigenvalue weighted by Gasteiger charge is 2.36. The van der Waals surface area contributed by atoms with Gasteiger partial charge in [-0.3, -0.25) is 0 Å². The normalized spacial score (nSPS) is 23.8. The lowest BCUT2D eigenvalue weighted by molar-refractivity contribution is -0.0171. The maximum atomic E-state index is 12.9. The molecule has 1 fully saturated rings. The van der Waals surface area contributed by atoms with Crippen LogP contribution in [0.15, 0.2) is 23.1 Å². The van der Waals surface area contributed by atoms with E-state index in [-0.39, 0.29) is 17.0 Å². The average Bonchev–Trinajstić information content (AvgIpc) is 2.48. The molecule has 6 nitrogen and oxygen atoms in total. The summed E-state index contributed by atoms with van der Waals surface area (Å²) in [6.45, 7) is 4.39. The van der Waals surface area contributed by atoms with Crippen molar-refractivity contribution < 1.29 is 22.6 Å². The van der Waals surface area contributed by atoms with E-state index in [1.807, 2.05) is 13.8 Å². The lowest BCUT2D eigenvalue weighted by atomic mass is 10.2. The average molecular weight is 315 g/mol. The fourth-order valence-electron chi connectivity index (χ4n) is 2.32. The first kappa shape index (κ1) is 16.1. The Bertz CT molecular complexity index is 601. The van der Waals surface area contributed by atoms with Gasteiger partial charge in [-0.15, -0.1) is 0 Å². The molecule has 1 heterocycles. The van der Waals surface area contributed by atoms with Crippen molar-refractivity contribution in [3.8, 4) is 11.5 Å². The summed E-state index contributed by atoms with van der Waals surface area (Å²) < 4.78 is 43.1. The Morgan fingerprint density at radius 1 is 1.24 bits per heavy atom. The molecule has 0 aromatic heterocycles. The van der Waals surface area contributed by atoms with Crippen LogP contribution in [0.1, 0.15) is 13.8 Å². The third-order valence-electron chi connectivity index (χ3n) is 3.51. The monoisotopic (exact) mass is 315 g/mol. The molecule has 0 saturated carbocycles. The first-order valence-corrected chi connectivity index (χ1v) is 8.19. The first-order chi connectivity index (χ1) is 9.90. The molecule has 1 saturated heterocycles. The number of methoxy groups -OCH3 is 2. The molecule has 0 spiro atoms. The maximum absolute atomic E-state index is 12.9. The minimum Gasteiger partial charge on any atom is -0.497 e. The standard InChI is InChI=1S/C14H21NO5S/c1-10-9-20-11(2)8-15(10)21(16,17)14-7-12(18-3)5-6-13(14)19-4/h5-7,10-11H,8-9H2,1-4H3/t10-,11+/m1/s1. The van der Waals surface area contributed by atoms with E-state index < -0.39 is 10.0 Å². The second kappa shape index (κ2) is 6.21. The Morgan fingerprint density at radius 3 is 2.57 bits per heavy atom. The van der Waals surface area contributed by atoms with Gasteiger partial charge in [-0.25, -0.2) is 8.42 Å². The second-order valence-electron chi connectivity index (χ2n) is 5.08. The third-order valence-corrected chi connectivity index (χ3v) is 5.51. The number of morpholine rings is 1. The lowest BCUT2D eigenvalue weighted by Crippen LogP contribution is -2.50. The van der Waals surface area contributed by atoms with Crippen LogP contribution < -0.4 is 9.47 Å². The highest BCUT2D eigenvalue weighted by atomic mass is 32.2. The highest BCUT2D eigenvalue weighted by molar-refractivity contribution is 7.89. The molecule has 0 amide bonds. The van der Waals surface area contributed by atoms with Crippen LogP contribution in [0.3, 0.4) is 0 Å². The molecule has 2 rings (SSSR count). The van der Waals surface area contributed by atoms with Crippen molar-refractivity contribution >= 4 is 10.0 Å². The van der Waals surface area contributed by atoms with E-state index in [9.17, 15) is 8.42 Å². The summed E-state index contributed by atoms with van der Waals surface area (Å²) in [5, 5.41) is 0. The van der Waals surface area contributed by atoms with Crippen LogP contribution in [0, 0.1) is 0 Å². The van der Waals surface area contributed by atoms with Gasteiger partial charge in [-0.2, -0.15) is 4.31 Å². The van der Waals surface area contributed by atoms with Gasteiger partial charge >= 0.3 is 0 Å². The van der Waals surface area contributed by atoms with E-state index in [0.29, 0.717) is 24.7 Å². The Balaban J connectivity index is 2.47. The number of sulfonamides is 1. The Morgan fingerprint density at radius 2 is 1.95 bits per heavy atom. The molecule has 21 heavy (non-hydrogen) atoms. The van der Waals surface area contributed by atoms with Crippen molar-refractivity contribution in [2.75, 3.05) is 27.4 Å². The molecule has 0 unspecified atom stereocenters. The minimum atomic E-state index is -3.67. The van der Waals surface area contributed by atoms with Gasteiger partial charge in [0.25, 0.3) is 0 Å². The molecule has 0 radical (unpaired) electrons. The zero-order chi connectivity index (χ0) is 15.6. The Labute approximate surface area is 125 Å². The van der Waals surface area contributed by atoms with Crippen molar-refractivity contribution in [1.82, 2.24) is 4.31 Å². The first-order valence-electron chi connectivity index (χ1n) is 6.75. The predicted octanol–water partition coefficient (Wildman–Crippen LogP) is 1.50. The van der Waals surface area contributed by atoms with Crippen LogP contribution in [-0.4, -0.2) is 52.2 Å². The van der Waals surface area contributed by atoms with Crippen LogP contribution in [0.2, 0.25) is 0 Å². The zero-order valence-electron chi connectivity index (χ0n) is 12.7. The second-order valence-corrected chi connectivity index (χ2v) is 6.94. The van der Waals surface area contributed by atoms with Crippen LogP contribution in [0.25, 0.3) is 0 Å². The maximum Gasteiger partial charge on any atom is 0.247 e. The molecule has 7 heteroatoms. The van der Waals surface area contributed by atoms with Crippen molar-refractivity contribution in [3.05, 3.63) is 18.2 Å². The summed E-state index contributed by atoms with van der Waals surface area (Å²) in [6.07, 6.45) is -0.132. The summed E-state index contributed by atoms with van der Waals surface area (Å²) in [5.74, 6) is 0.783. The molecule has 0 aliphatic carbocycles. The molecular weight excluding hydrogens is 294 g/mol. The molecule has 2 atom stereocenters. The van der Waals surface area contributed by atoms with Gasteiger partial charge in [0, 0.05) is 18.7 Å². The molecule has 1 aliphatic heterocycles. The molecule has 0 bridgehead atoms. The van der Waals surface area contributed by atoms with Gasteiger partial charge < -0.3 is 14.2 Å². The Hall–Kier alpha value is -1.31. The largest absolute Gasteiger partial charge is 0.497 e. The van der Waals surface area contributed by atoms with Gasteiger partial charge in [-0.1, -0.05) is 0 Å². The van der Waals surface area contributed by atoms with E-state index in [1.54, 1.807) is 12.1 Å². The molecule has 1 aromatic carbocycles. The van der Waals surface area contributed by atoms with E-state index in [0.717, 1.165) is 0 Å². The quantitative estimate of drug-likeness (QED) is 0.842. The minimum absolute atomic E-state index is 0.116. The molecule has 0 N–H and O–H groups in total. The van der Waals surface area contributed by atoms with Gasteiger partial charge in [0.1, 0.15) is 16.4 Å². The summed E-state index contributed by atoms with van der Waals surface area (Å²) in [6, 6.07) is 4.53. The molecular formula is C14H21NO5S. The fraction of sp³-hybridized carbons (Fsp3) is 0.571. The topological polar surface area (TPSA) is 65.1 Å². The smallest absolute Gasteiger partial charge is 0.247 e.